The molecule has 0 aromatic rings. The quantitative estimate of drug-likeness (QED) is 0.241. The van der Waals surface area contributed by atoms with Gasteiger partial charge in [0.05, 0.1) is 0 Å². The van der Waals surface area contributed by atoms with E-state index in [9.17, 15) is 10.1 Å². The average Bonchev–Trinajstić information content (AvgIpc) is 1.65. The first-order chi connectivity index (χ1) is 3.18. The molecule has 0 aromatic carbocycles. The molecule has 0 rings (SSSR count). The maximum absolute atomic E-state index is 9.44. The molecule has 0 saturated carbocycles. The summed E-state index contributed by atoms with van der Waals surface area (Å²) in [6, 6.07) is 0. The number of aliphatic hydroxyl groups excluding tert-OH is 1. The van der Waals surface area contributed by atoms with Gasteiger partial charge in [0, 0.05) is 4.92 Å². The molecule has 0 spiro atoms. The summed E-state index contributed by atoms with van der Waals surface area (Å²) < 4.78 is 0. The van der Waals surface area contributed by atoms with Crippen molar-refractivity contribution in [3.05, 3.63) is 10.1 Å². The van der Waals surface area contributed by atoms with Crippen molar-refractivity contribution in [2.24, 2.45) is 0 Å². The highest BCUT2D eigenvalue weighted by molar-refractivity contribution is 6.19. The van der Waals surface area contributed by atoms with Crippen LogP contribution in [0.15, 0.2) is 0 Å². The van der Waals surface area contributed by atoms with Crippen LogP contribution in [0.2, 0.25) is 0 Å². The Labute approximate surface area is 44.9 Å². The topological polar surface area (TPSA) is 63.4 Å². The van der Waals surface area contributed by atoms with E-state index in [4.69, 9.17) is 16.7 Å². The van der Waals surface area contributed by atoms with Gasteiger partial charge >= 0.3 is 5.50 Å². The van der Waals surface area contributed by atoms with Crippen molar-refractivity contribution in [3.8, 4) is 0 Å². The van der Waals surface area contributed by atoms with E-state index in [1.807, 2.05) is 0 Å². The molecular weight excluding hydrogens is 121 g/mol. The zero-order valence-electron chi connectivity index (χ0n) is 3.37. The SMILES string of the molecule is O=[N+]([O-])C(Cl)CO. The summed E-state index contributed by atoms with van der Waals surface area (Å²) in [6.45, 7) is -0.617. The monoisotopic (exact) mass is 125 g/mol. The largest absolute Gasteiger partial charge is 0.388 e. The number of nitro groups is 1. The van der Waals surface area contributed by atoms with Crippen LogP contribution in [0.5, 0.6) is 0 Å². The summed E-state index contributed by atoms with van der Waals surface area (Å²) in [5.74, 6) is 0. The van der Waals surface area contributed by atoms with E-state index < -0.39 is 17.0 Å². The van der Waals surface area contributed by atoms with Gasteiger partial charge in [-0.25, -0.2) is 0 Å². The first kappa shape index (κ1) is 6.65. The molecule has 0 aliphatic carbocycles. The number of halogens is 1. The van der Waals surface area contributed by atoms with Gasteiger partial charge in [0.15, 0.2) is 0 Å². The highest BCUT2D eigenvalue weighted by atomic mass is 35.5. The number of aliphatic hydroxyl groups is 1. The summed E-state index contributed by atoms with van der Waals surface area (Å²) >= 11 is 4.85. The minimum absolute atomic E-state index is 0.617. The van der Waals surface area contributed by atoms with Crippen LogP contribution in [-0.4, -0.2) is 22.1 Å². The van der Waals surface area contributed by atoms with Gasteiger partial charge in [0.2, 0.25) is 0 Å². The normalized spacial score (nSPS) is 13.4. The second-order valence-corrected chi connectivity index (χ2v) is 1.41. The molecule has 0 saturated heterocycles. The molecular formula is C2H4ClNO3. The number of rotatable bonds is 2. The number of hydrogen-bond donors (Lipinski definition) is 1. The van der Waals surface area contributed by atoms with Crippen molar-refractivity contribution in [1.82, 2.24) is 0 Å². The van der Waals surface area contributed by atoms with Crippen molar-refractivity contribution in [3.63, 3.8) is 0 Å². The van der Waals surface area contributed by atoms with Crippen LogP contribution in [0.25, 0.3) is 0 Å². The van der Waals surface area contributed by atoms with Crippen molar-refractivity contribution >= 4 is 11.6 Å². The molecule has 0 radical (unpaired) electrons. The van der Waals surface area contributed by atoms with Crippen LogP contribution in [0.3, 0.4) is 0 Å². The molecule has 0 aliphatic rings. The molecule has 1 atom stereocenters. The second kappa shape index (κ2) is 2.76. The van der Waals surface area contributed by atoms with Crippen molar-refractivity contribution in [2.45, 2.75) is 5.50 Å². The molecule has 0 bridgehead atoms. The van der Waals surface area contributed by atoms with Crippen LogP contribution in [-0.2, 0) is 0 Å². The number of alkyl halides is 1. The highest BCUT2D eigenvalue weighted by Gasteiger charge is 2.11. The summed E-state index contributed by atoms with van der Waals surface area (Å²) in [5.41, 5.74) is -1.35. The minimum atomic E-state index is -1.35. The molecule has 5 heteroatoms. The Balaban J connectivity index is 3.34. The van der Waals surface area contributed by atoms with E-state index in [0.29, 0.717) is 0 Å². The first-order valence-corrected chi connectivity index (χ1v) is 2.00. The molecule has 4 nitrogen and oxygen atoms in total. The van der Waals surface area contributed by atoms with Crippen LogP contribution < -0.4 is 0 Å². The maximum atomic E-state index is 9.44. The summed E-state index contributed by atoms with van der Waals surface area (Å²) in [6.07, 6.45) is 0. The van der Waals surface area contributed by atoms with Crippen LogP contribution >= 0.6 is 11.6 Å². The third kappa shape index (κ3) is 2.36. The van der Waals surface area contributed by atoms with E-state index in [0.717, 1.165) is 0 Å². The predicted molar refractivity (Wildman–Crippen MR) is 23.7 cm³/mol. The van der Waals surface area contributed by atoms with Gasteiger partial charge in [-0.1, -0.05) is 0 Å². The summed E-state index contributed by atoms with van der Waals surface area (Å²) in [5, 5.41) is 17.4. The van der Waals surface area contributed by atoms with E-state index in [1.165, 1.54) is 0 Å². The van der Waals surface area contributed by atoms with Gasteiger partial charge < -0.3 is 5.11 Å². The van der Waals surface area contributed by atoms with E-state index in [1.54, 1.807) is 0 Å². The lowest BCUT2D eigenvalue weighted by molar-refractivity contribution is -0.501. The van der Waals surface area contributed by atoms with Crippen LogP contribution in [0.4, 0.5) is 0 Å². The van der Waals surface area contributed by atoms with Crippen LogP contribution in [0.1, 0.15) is 0 Å². The lowest BCUT2D eigenvalue weighted by Gasteiger charge is -1.91. The van der Waals surface area contributed by atoms with Crippen molar-refractivity contribution < 1.29 is 10.0 Å². The zero-order valence-corrected chi connectivity index (χ0v) is 4.13. The maximum Gasteiger partial charge on any atom is 0.308 e. The summed E-state index contributed by atoms with van der Waals surface area (Å²) in [7, 11) is 0. The molecule has 42 valence electrons. The lowest BCUT2D eigenvalue weighted by atomic mass is 10.7. The fourth-order valence-electron chi connectivity index (χ4n) is 0.0667. The Morgan fingerprint density at radius 1 is 2.00 bits per heavy atom. The fourth-order valence-corrected chi connectivity index (χ4v) is 0.0667. The van der Waals surface area contributed by atoms with Gasteiger partial charge in [0.25, 0.3) is 0 Å². The van der Waals surface area contributed by atoms with Crippen LogP contribution in [0, 0.1) is 10.1 Å². The molecule has 0 fully saturated rings. The molecule has 1 unspecified atom stereocenters. The number of hydrogen-bond acceptors (Lipinski definition) is 3. The van der Waals surface area contributed by atoms with E-state index in [-0.39, 0.29) is 0 Å². The predicted octanol–water partition coefficient (Wildman–Crippen LogP) is -0.180. The van der Waals surface area contributed by atoms with Gasteiger partial charge in [0.1, 0.15) is 6.61 Å². The third-order valence-electron chi connectivity index (χ3n) is 0.379. The Morgan fingerprint density at radius 2 is 2.43 bits per heavy atom. The molecule has 0 heterocycles. The van der Waals surface area contributed by atoms with E-state index >= 15 is 0 Å². The number of nitrogens with zero attached hydrogens (tertiary/aromatic N) is 1. The third-order valence-corrected chi connectivity index (χ3v) is 0.677. The molecule has 0 amide bonds. The average molecular weight is 126 g/mol. The minimum Gasteiger partial charge on any atom is -0.388 e. The first-order valence-electron chi connectivity index (χ1n) is 1.57. The smallest absolute Gasteiger partial charge is 0.308 e. The van der Waals surface area contributed by atoms with E-state index in [2.05, 4.69) is 0 Å². The molecule has 0 aromatic heterocycles. The Morgan fingerprint density at radius 3 is 2.43 bits per heavy atom. The van der Waals surface area contributed by atoms with Crippen molar-refractivity contribution in [2.75, 3.05) is 6.61 Å². The van der Waals surface area contributed by atoms with Gasteiger partial charge in [-0.3, -0.25) is 10.1 Å². The molecule has 7 heavy (non-hydrogen) atoms. The Kier molecular flexibility index (Phi) is 2.62. The summed E-state index contributed by atoms with van der Waals surface area (Å²) in [4.78, 5) is 8.68. The molecule has 1 N–H and O–H groups in total. The second-order valence-electron chi connectivity index (χ2n) is 0.902. The van der Waals surface area contributed by atoms with Gasteiger partial charge in [-0.05, 0) is 11.6 Å². The molecule has 0 aliphatic heterocycles. The zero-order chi connectivity index (χ0) is 5.86. The van der Waals surface area contributed by atoms with Crippen molar-refractivity contribution in [1.29, 1.82) is 0 Å². The van der Waals surface area contributed by atoms with Gasteiger partial charge in [-0.2, -0.15) is 0 Å². The highest BCUT2D eigenvalue weighted by Crippen LogP contribution is 1.91. The Hall–Kier alpha value is -0.350. The van der Waals surface area contributed by atoms with Gasteiger partial charge in [-0.15, -0.1) is 0 Å². The standard InChI is InChI=1S/C2H4ClNO3/c3-2(1-5)4(6)7/h2,5H,1H2. The fraction of sp³-hybridized carbons (Fsp3) is 1.00. The Bertz CT molecular complexity index is 75.3. The lowest BCUT2D eigenvalue weighted by Crippen LogP contribution is -2.15.